The van der Waals surface area contributed by atoms with Crippen LogP contribution < -0.4 is 20.7 Å². The molecule has 1 aliphatic heterocycles. The lowest BCUT2D eigenvalue weighted by molar-refractivity contribution is -0.134. The third kappa shape index (κ3) is 8.36. The van der Waals surface area contributed by atoms with Crippen LogP contribution in [0.3, 0.4) is 0 Å². The van der Waals surface area contributed by atoms with Crippen LogP contribution in [-0.4, -0.2) is 77.8 Å². The summed E-state index contributed by atoms with van der Waals surface area (Å²) in [6, 6.07) is 13.8. The number of nitrogens with one attached hydrogen (secondary N) is 3. The Morgan fingerprint density at radius 3 is 2.51 bits per heavy atom. The van der Waals surface area contributed by atoms with Crippen LogP contribution in [0.2, 0.25) is 0 Å². The van der Waals surface area contributed by atoms with Crippen LogP contribution in [-0.2, 0) is 11.2 Å². The number of para-hydroxylation sites is 1. The van der Waals surface area contributed by atoms with Crippen molar-refractivity contribution in [2.75, 3.05) is 37.4 Å². The van der Waals surface area contributed by atoms with Gasteiger partial charge in [0.2, 0.25) is 5.91 Å². The standard InChI is InChI=1S/C31H43N5O5/c1-21-18-36(22(2)20-37)29(38)17-23-16-26(33-30(39)32-24-10-6-4-7-11-24)14-15-27(23)41-28(21)19-35(3)31(40)34-25-12-8-5-9-13-25/h5,8-9,12-16,21-22,24,28,37H,4,6-7,10-11,17-20H2,1-3H3,(H,34,40)(H2,32,33,39)/t21-,22+,28+/m0/s1. The third-order valence-corrected chi connectivity index (χ3v) is 7.94. The van der Waals surface area contributed by atoms with Gasteiger partial charge in [0.25, 0.3) is 0 Å². The number of hydrogen-bond acceptors (Lipinski definition) is 5. The first-order valence-electron chi connectivity index (χ1n) is 14.6. The molecule has 2 aromatic carbocycles. The van der Waals surface area contributed by atoms with Crippen molar-refractivity contribution in [3.8, 4) is 5.75 Å². The van der Waals surface area contributed by atoms with E-state index in [0.717, 1.165) is 25.7 Å². The lowest BCUT2D eigenvalue weighted by Gasteiger charge is -2.34. The number of likely N-dealkylation sites (N-methyl/N-ethyl adjacent to an activating group) is 1. The van der Waals surface area contributed by atoms with Gasteiger partial charge >= 0.3 is 12.1 Å². The number of anilines is 2. The summed E-state index contributed by atoms with van der Waals surface area (Å²) in [6.45, 7) is 4.26. The predicted octanol–water partition coefficient (Wildman–Crippen LogP) is 4.45. The minimum atomic E-state index is -0.437. The van der Waals surface area contributed by atoms with Gasteiger partial charge in [0.05, 0.1) is 25.6 Å². The number of rotatable bonds is 7. The zero-order valence-corrected chi connectivity index (χ0v) is 24.3. The molecule has 0 radical (unpaired) electrons. The van der Waals surface area contributed by atoms with Crippen molar-refractivity contribution >= 4 is 29.3 Å². The molecular weight excluding hydrogens is 522 g/mol. The highest BCUT2D eigenvalue weighted by Gasteiger charge is 2.32. The monoisotopic (exact) mass is 565 g/mol. The molecule has 2 aliphatic rings. The maximum absolute atomic E-state index is 13.5. The summed E-state index contributed by atoms with van der Waals surface area (Å²) in [7, 11) is 1.71. The highest BCUT2D eigenvalue weighted by molar-refractivity contribution is 5.90. The first-order valence-corrected chi connectivity index (χ1v) is 14.6. The molecule has 3 atom stereocenters. The van der Waals surface area contributed by atoms with Gasteiger partial charge in [-0.2, -0.15) is 0 Å². The molecule has 0 saturated heterocycles. The summed E-state index contributed by atoms with van der Waals surface area (Å²) in [6.07, 6.45) is 5.03. The van der Waals surface area contributed by atoms with Gasteiger partial charge in [-0.25, -0.2) is 9.59 Å². The molecule has 1 heterocycles. The highest BCUT2D eigenvalue weighted by Crippen LogP contribution is 2.29. The zero-order chi connectivity index (χ0) is 29.4. The second-order valence-electron chi connectivity index (χ2n) is 11.3. The minimum Gasteiger partial charge on any atom is -0.488 e. The molecule has 2 aromatic rings. The quantitative estimate of drug-likeness (QED) is 0.395. The van der Waals surface area contributed by atoms with E-state index in [9.17, 15) is 19.5 Å². The van der Waals surface area contributed by atoms with E-state index in [4.69, 9.17) is 4.74 Å². The van der Waals surface area contributed by atoms with Gasteiger partial charge in [-0.05, 0) is 50.1 Å². The smallest absolute Gasteiger partial charge is 0.321 e. The number of aliphatic hydroxyl groups is 1. The first kappa shape index (κ1) is 30.2. The molecule has 4 rings (SSSR count). The maximum Gasteiger partial charge on any atom is 0.321 e. The molecule has 4 N–H and O–H groups in total. The summed E-state index contributed by atoms with van der Waals surface area (Å²) >= 11 is 0. The molecule has 5 amide bonds. The van der Waals surface area contributed by atoms with Crippen molar-refractivity contribution in [2.45, 2.75) is 70.6 Å². The van der Waals surface area contributed by atoms with Crippen LogP contribution in [0.1, 0.15) is 51.5 Å². The van der Waals surface area contributed by atoms with Gasteiger partial charge in [0.1, 0.15) is 11.9 Å². The Bertz CT molecular complexity index is 1190. The fourth-order valence-corrected chi connectivity index (χ4v) is 5.42. The summed E-state index contributed by atoms with van der Waals surface area (Å²) in [5.41, 5.74) is 1.90. The molecule has 222 valence electrons. The Labute approximate surface area is 242 Å². The van der Waals surface area contributed by atoms with E-state index in [1.54, 1.807) is 35.0 Å². The topological polar surface area (TPSA) is 123 Å². The molecule has 10 heteroatoms. The lowest BCUT2D eigenvalue weighted by Crippen LogP contribution is -2.48. The lowest BCUT2D eigenvalue weighted by atomic mass is 9.96. The van der Waals surface area contributed by atoms with Crippen LogP contribution >= 0.6 is 0 Å². The fourth-order valence-electron chi connectivity index (χ4n) is 5.42. The normalized spacial score (nSPS) is 20.4. The van der Waals surface area contributed by atoms with Crippen molar-refractivity contribution < 1.29 is 24.2 Å². The molecule has 0 aromatic heterocycles. The molecule has 1 aliphatic carbocycles. The average molecular weight is 566 g/mol. The van der Waals surface area contributed by atoms with Gasteiger partial charge in [-0.15, -0.1) is 0 Å². The van der Waals surface area contributed by atoms with Crippen molar-refractivity contribution in [3.05, 3.63) is 54.1 Å². The van der Waals surface area contributed by atoms with Crippen LogP contribution in [0.25, 0.3) is 0 Å². The number of carbonyl (C=O) groups excluding carboxylic acids is 3. The van der Waals surface area contributed by atoms with E-state index in [0.29, 0.717) is 29.2 Å². The zero-order valence-electron chi connectivity index (χ0n) is 24.3. The van der Waals surface area contributed by atoms with Crippen molar-refractivity contribution in [3.63, 3.8) is 0 Å². The number of hydrogen-bond donors (Lipinski definition) is 4. The van der Waals surface area contributed by atoms with Gasteiger partial charge in [0.15, 0.2) is 0 Å². The van der Waals surface area contributed by atoms with Gasteiger partial charge < -0.3 is 35.6 Å². The molecule has 1 fully saturated rings. The highest BCUT2D eigenvalue weighted by atomic mass is 16.5. The minimum absolute atomic E-state index is 0.0587. The Balaban J connectivity index is 1.53. The predicted molar refractivity (Wildman–Crippen MR) is 159 cm³/mol. The summed E-state index contributed by atoms with van der Waals surface area (Å²) < 4.78 is 6.50. The summed E-state index contributed by atoms with van der Waals surface area (Å²) in [4.78, 5) is 42.3. The number of carbonyl (C=O) groups is 3. The average Bonchev–Trinajstić information content (AvgIpc) is 3.01. The molecule has 1 saturated carbocycles. The second kappa shape index (κ2) is 14.2. The third-order valence-electron chi connectivity index (χ3n) is 7.94. The van der Waals surface area contributed by atoms with E-state index in [1.807, 2.05) is 44.2 Å². The Morgan fingerprint density at radius 2 is 1.80 bits per heavy atom. The Hall–Kier alpha value is -3.79. The number of fused-ring (bicyclic) bond motifs is 1. The molecule has 41 heavy (non-hydrogen) atoms. The Morgan fingerprint density at radius 1 is 1.07 bits per heavy atom. The fraction of sp³-hybridized carbons (Fsp3) is 0.516. The number of amides is 5. The van der Waals surface area contributed by atoms with E-state index >= 15 is 0 Å². The van der Waals surface area contributed by atoms with E-state index in [1.165, 1.54) is 6.42 Å². The van der Waals surface area contributed by atoms with E-state index in [-0.39, 0.29) is 55.5 Å². The van der Waals surface area contributed by atoms with Gasteiger partial charge in [-0.3, -0.25) is 4.79 Å². The number of urea groups is 2. The van der Waals surface area contributed by atoms with E-state index < -0.39 is 6.10 Å². The van der Waals surface area contributed by atoms with Crippen LogP contribution in [0.5, 0.6) is 5.75 Å². The number of aliphatic hydroxyl groups excluding tert-OH is 1. The molecule has 0 unspecified atom stereocenters. The first-order chi connectivity index (χ1) is 19.7. The van der Waals surface area contributed by atoms with Crippen molar-refractivity contribution in [1.29, 1.82) is 0 Å². The van der Waals surface area contributed by atoms with Crippen LogP contribution in [0.15, 0.2) is 48.5 Å². The molecular formula is C31H43N5O5. The molecule has 0 spiro atoms. The summed E-state index contributed by atoms with van der Waals surface area (Å²) in [5, 5.41) is 18.7. The SMILES string of the molecule is C[C@H](CO)N1C[C@H](C)[C@@H](CN(C)C(=O)Nc2ccccc2)Oc2ccc(NC(=O)NC3CCCCC3)cc2CC1=O. The van der Waals surface area contributed by atoms with Crippen molar-refractivity contribution in [1.82, 2.24) is 15.1 Å². The van der Waals surface area contributed by atoms with E-state index in [2.05, 4.69) is 16.0 Å². The van der Waals surface area contributed by atoms with Crippen molar-refractivity contribution in [2.24, 2.45) is 5.92 Å². The van der Waals surface area contributed by atoms with Gasteiger partial charge in [-0.1, -0.05) is 44.4 Å². The molecule has 10 nitrogen and oxygen atoms in total. The number of benzene rings is 2. The van der Waals surface area contributed by atoms with Crippen LogP contribution in [0.4, 0.5) is 21.0 Å². The number of ether oxygens (including phenoxy) is 1. The molecule has 0 bridgehead atoms. The summed E-state index contributed by atoms with van der Waals surface area (Å²) in [5.74, 6) is 0.247. The number of nitrogens with zero attached hydrogens (tertiary/aromatic N) is 2. The maximum atomic E-state index is 13.5. The largest absolute Gasteiger partial charge is 0.488 e. The van der Waals surface area contributed by atoms with Gasteiger partial charge in [0, 0.05) is 42.5 Å². The second-order valence-corrected chi connectivity index (χ2v) is 11.3. The van der Waals surface area contributed by atoms with Crippen LogP contribution in [0, 0.1) is 5.92 Å². The Kier molecular flexibility index (Phi) is 10.5.